The Bertz CT molecular complexity index is 2950. The minimum absolute atomic E-state index is 0.851. The summed E-state index contributed by atoms with van der Waals surface area (Å²) in [5.41, 5.74) is 16.2. The molecule has 3 heteroatoms. The van der Waals surface area contributed by atoms with Gasteiger partial charge in [0.1, 0.15) is 5.75 Å². The average molecular weight is 745 g/mol. The summed E-state index contributed by atoms with van der Waals surface area (Å²) < 4.78 is 7.77. The van der Waals surface area contributed by atoms with Gasteiger partial charge in [-0.25, -0.2) is 0 Å². The Morgan fingerprint density at radius 1 is 0.328 bits per heavy atom. The Kier molecular flexibility index (Phi) is 9.09. The van der Waals surface area contributed by atoms with Gasteiger partial charge in [0, 0.05) is 33.5 Å². The Balaban J connectivity index is 1.01. The summed E-state index contributed by atoms with van der Waals surface area (Å²) in [6.07, 6.45) is 0. The summed E-state index contributed by atoms with van der Waals surface area (Å²) in [6.45, 7) is 0. The molecule has 0 N–H and O–H groups in total. The van der Waals surface area contributed by atoms with Gasteiger partial charge in [-0.05, 0) is 123 Å². The summed E-state index contributed by atoms with van der Waals surface area (Å²) in [5.74, 6) is 0.851. The number of ether oxygens (including phenoxy) is 1. The first-order chi connectivity index (χ1) is 28.7. The van der Waals surface area contributed by atoms with E-state index in [1.807, 2.05) is 12.1 Å². The zero-order chi connectivity index (χ0) is 38.8. The number of benzene rings is 9. The highest BCUT2D eigenvalue weighted by Gasteiger charge is 2.16. The van der Waals surface area contributed by atoms with E-state index in [9.17, 15) is 0 Å². The fraction of sp³-hybridized carbons (Fsp3) is 0.0182. The normalized spacial score (nSPS) is 11.2. The van der Waals surface area contributed by atoms with Crippen LogP contribution < -0.4 is 9.64 Å². The molecule has 0 bridgehead atoms. The molecule has 1 heterocycles. The van der Waals surface area contributed by atoms with Gasteiger partial charge in [0.2, 0.25) is 0 Å². The average Bonchev–Trinajstić information content (AvgIpc) is 3.65. The van der Waals surface area contributed by atoms with Gasteiger partial charge in [0.05, 0.1) is 18.1 Å². The van der Waals surface area contributed by atoms with E-state index in [0.29, 0.717) is 0 Å². The summed E-state index contributed by atoms with van der Waals surface area (Å²) in [7, 11) is 1.70. The second kappa shape index (κ2) is 15.1. The zero-order valence-corrected chi connectivity index (χ0v) is 32.2. The Morgan fingerprint density at radius 2 is 0.707 bits per heavy atom. The molecule has 0 amide bonds. The highest BCUT2D eigenvalue weighted by molar-refractivity contribution is 6.09. The Morgan fingerprint density at radius 3 is 1.21 bits per heavy atom. The smallest absolute Gasteiger partial charge is 0.118 e. The maximum atomic E-state index is 5.40. The molecule has 0 spiro atoms. The molecule has 0 aliphatic rings. The van der Waals surface area contributed by atoms with Crippen LogP contribution in [0.3, 0.4) is 0 Å². The van der Waals surface area contributed by atoms with Crippen LogP contribution in [0.4, 0.5) is 17.1 Å². The number of hydrogen-bond acceptors (Lipinski definition) is 2. The van der Waals surface area contributed by atoms with Crippen LogP contribution in [-0.2, 0) is 0 Å². The molecule has 0 aliphatic carbocycles. The van der Waals surface area contributed by atoms with Crippen LogP contribution in [0.1, 0.15) is 0 Å². The molecule has 0 radical (unpaired) electrons. The van der Waals surface area contributed by atoms with Crippen LogP contribution in [-0.4, -0.2) is 11.7 Å². The summed E-state index contributed by atoms with van der Waals surface area (Å²) in [6, 6.07) is 80.4. The van der Waals surface area contributed by atoms with E-state index in [0.717, 1.165) is 45.2 Å². The molecule has 10 rings (SSSR count). The zero-order valence-electron chi connectivity index (χ0n) is 32.2. The molecule has 0 saturated carbocycles. The number of rotatable bonds is 9. The fourth-order valence-electron chi connectivity index (χ4n) is 8.17. The van der Waals surface area contributed by atoms with E-state index >= 15 is 0 Å². The van der Waals surface area contributed by atoms with Gasteiger partial charge < -0.3 is 14.2 Å². The van der Waals surface area contributed by atoms with Crippen LogP contribution in [0.25, 0.3) is 72.0 Å². The molecule has 0 aliphatic heterocycles. The van der Waals surface area contributed by atoms with Crippen molar-refractivity contribution in [3.8, 4) is 55.9 Å². The van der Waals surface area contributed by atoms with Crippen LogP contribution in [0.15, 0.2) is 224 Å². The minimum atomic E-state index is 0.851. The van der Waals surface area contributed by atoms with Crippen LogP contribution in [0.5, 0.6) is 5.75 Å². The number of fused-ring (bicyclic) bond motifs is 3. The van der Waals surface area contributed by atoms with E-state index < -0.39 is 0 Å². The topological polar surface area (TPSA) is 17.4 Å². The lowest BCUT2D eigenvalue weighted by Gasteiger charge is -2.26. The van der Waals surface area contributed by atoms with Gasteiger partial charge >= 0.3 is 0 Å². The van der Waals surface area contributed by atoms with Gasteiger partial charge in [0.15, 0.2) is 0 Å². The molecule has 0 fully saturated rings. The van der Waals surface area contributed by atoms with Crippen molar-refractivity contribution in [2.75, 3.05) is 12.0 Å². The van der Waals surface area contributed by atoms with Crippen molar-refractivity contribution >= 4 is 38.9 Å². The largest absolute Gasteiger partial charge is 0.497 e. The summed E-state index contributed by atoms with van der Waals surface area (Å²) in [4.78, 5) is 2.33. The molecule has 0 unspecified atom stereocenters. The first kappa shape index (κ1) is 34.8. The van der Waals surface area contributed by atoms with Crippen LogP contribution in [0, 0.1) is 0 Å². The molecule has 0 saturated heterocycles. The third kappa shape index (κ3) is 6.59. The van der Waals surface area contributed by atoms with Crippen LogP contribution in [0.2, 0.25) is 0 Å². The van der Waals surface area contributed by atoms with Gasteiger partial charge in [-0.15, -0.1) is 0 Å². The van der Waals surface area contributed by atoms with Crippen molar-refractivity contribution < 1.29 is 4.74 Å². The van der Waals surface area contributed by atoms with Crippen LogP contribution >= 0.6 is 0 Å². The van der Waals surface area contributed by atoms with Gasteiger partial charge in [0.25, 0.3) is 0 Å². The first-order valence-corrected chi connectivity index (χ1v) is 19.7. The second-order valence-corrected chi connectivity index (χ2v) is 14.6. The highest BCUT2D eigenvalue weighted by Crippen LogP contribution is 2.39. The first-order valence-electron chi connectivity index (χ1n) is 19.7. The molecule has 276 valence electrons. The maximum Gasteiger partial charge on any atom is 0.118 e. The van der Waals surface area contributed by atoms with Crippen molar-refractivity contribution in [2.45, 2.75) is 0 Å². The predicted octanol–water partition coefficient (Wildman–Crippen LogP) is 14.9. The third-order valence-electron chi connectivity index (χ3n) is 11.1. The van der Waals surface area contributed by atoms with Crippen molar-refractivity contribution in [3.05, 3.63) is 224 Å². The molecule has 1 aromatic heterocycles. The maximum absolute atomic E-state index is 5.40. The predicted molar refractivity (Wildman–Crippen MR) is 244 cm³/mol. The number of para-hydroxylation sites is 2. The third-order valence-corrected chi connectivity index (χ3v) is 11.1. The Labute approximate surface area is 339 Å². The lowest BCUT2D eigenvalue weighted by Crippen LogP contribution is -2.09. The van der Waals surface area contributed by atoms with E-state index in [1.165, 1.54) is 49.6 Å². The van der Waals surface area contributed by atoms with Gasteiger partial charge in [-0.2, -0.15) is 0 Å². The number of nitrogens with zero attached hydrogens (tertiary/aromatic N) is 2. The molecule has 9 aromatic carbocycles. The Hall–Kier alpha value is -7.62. The molecule has 58 heavy (non-hydrogen) atoms. The van der Waals surface area contributed by atoms with Crippen molar-refractivity contribution in [1.82, 2.24) is 4.57 Å². The lowest BCUT2D eigenvalue weighted by atomic mass is 9.98. The molecule has 3 nitrogen and oxygen atoms in total. The number of hydrogen-bond donors (Lipinski definition) is 0. The number of methoxy groups -OCH3 is 1. The lowest BCUT2D eigenvalue weighted by molar-refractivity contribution is 0.415. The molecule has 0 atom stereocenters. The number of anilines is 3. The van der Waals surface area contributed by atoms with E-state index in [-0.39, 0.29) is 0 Å². The number of aromatic nitrogens is 1. The minimum Gasteiger partial charge on any atom is -0.497 e. The summed E-state index contributed by atoms with van der Waals surface area (Å²) >= 11 is 0. The molecular formula is C55H40N2O. The van der Waals surface area contributed by atoms with E-state index in [2.05, 4.69) is 222 Å². The van der Waals surface area contributed by atoms with Gasteiger partial charge in [-0.1, -0.05) is 146 Å². The monoisotopic (exact) mass is 744 g/mol. The molecular weight excluding hydrogens is 705 g/mol. The van der Waals surface area contributed by atoms with E-state index in [4.69, 9.17) is 4.74 Å². The molecule has 10 aromatic rings. The summed E-state index contributed by atoms with van der Waals surface area (Å²) in [5, 5.41) is 2.53. The standard InChI is InChI=1S/C55H40N2O/c1-58-51-35-27-41(28-36-51)40-21-29-47(30-22-40)56(48-31-23-42(24-32-48)45-14-9-13-44(37-45)39-11-3-2-4-12-39)49-33-25-43(26-34-49)46-15-10-16-50(38-46)57-54-19-7-5-17-52(54)53-18-6-8-20-55(53)57/h2-38H,1H3. The van der Waals surface area contributed by atoms with Crippen molar-refractivity contribution in [1.29, 1.82) is 0 Å². The second-order valence-electron chi connectivity index (χ2n) is 14.6. The highest BCUT2D eigenvalue weighted by atomic mass is 16.5. The quantitative estimate of drug-likeness (QED) is 0.146. The SMILES string of the molecule is COc1ccc(-c2ccc(N(c3ccc(-c4cccc(-c5ccccc5)c4)cc3)c3ccc(-c4cccc(-n5c6ccccc6c6ccccc65)c4)cc3)cc2)cc1. The van der Waals surface area contributed by atoms with Crippen molar-refractivity contribution in [2.24, 2.45) is 0 Å². The van der Waals surface area contributed by atoms with Crippen molar-refractivity contribution in [3.63, 3.8) is 0 Å². The van der Waals surface area contributed by atoms with Gasteiger partial charge in [-0.3, -0.25) is 0 Å². The fourth-order valence-corrected chi connectivity index (χ4v) is 8.17. The van der Waals surface area contributed by atoms with E-state index in [1.54, 1.807) is 7.11 Å².